The molecule has 1 aromatic carbocycles. The summed E-state index contributed by atoms with van der Waals surface area (Å²) >= 11 is 0. The number of aliphatic hydroxyl groups excluding tert-OH is 1. The fraction of sp³-hybridized carbons (Fsp3) is 0.267. The second-order valence-electron chi connectivity index (χ2n) is 4.25. The molecule has 0 unspecified atom stereocenters. The van der Waals surface area contributed by atoms with Gasteiger partial charge in [0, 0.05) is 18.4 Å². The second kappa shape index (κ2) is 6.07. The summed E-state index contributed by atoms with van der Waals surface area (Å²) in [6, 6.07) is 8.64. The molecule has 0 bridgehead atoms. The lowest BCUT2D eigenvalue weighted by Gasteiger charge is -2.23. The number of benzene rings is 1. The topological polar surface area (TPSA) is 55.8 Å². The van der Waals surface area contributed by atoms with Crippen molar-refractivity contribution in [3.8, 4) is 18.1 Å². The van der Waals surface area contributed by atoms with E-state index in [-0.39, 0.29) is 0 Å². The van der Waals surface area contributed by atoms with Crippen molar-refractivity contribution in [2.24, 2.45) is 0 Å². The van der Waals surface area contributed by atoms with Crippen molar-refractivity contribution in [2.75, 3.05) is 0 Å². The van der Waals surface area contributed by atoms with Gasteiger partial charge in [0.15, 0.2) is 0 Å². The summed E-state index contributed by atoms with van der Waals surface area (Å²) in [4.78, 5) is 11.6. The molecule has 2 atom stereocenters. The van der Waals surface area contributed by atoms with Crippen molar-refractivity contribution >= 4 is 6.16 Å². The van der Waals surface area contributed by atoms with Crippen LogP contribution in [0.3, 0.4) is 0 Å². The van der Waals surface area contributed by atoms with Gasteiger partial charge in [-0.15, -0.1) is 6.42 Å². The number of carbonyl (C=O) groups is 1. The Morgan fingerprint density at radius 2 is 2.11 bits per heavy atom. The average Bonchev–Trinajstić information content (AvgIpc) is 2.38. The lowest BCUT2D eigenvalue weighted by atomic mass is 9.95. The van der Waals surface area contributed by atoms with E-state index in [9.17, 15) is 9.90 Å². The number of ether oxygens (including phenoxy) is 2. The molecule has 1 aromatic rings. The van der Waals surface area contributed by atoms with Crippen LogP contribution in [0.15, 0.2) is 42.0 Å². The molecule has 0 amide bonds. The van der Waals surface area contributed by atoms with E-state index in [0.29, 0.717) is 24.2 Å². The van der Waals surface area contributed by atoms with E-state index in [1.807, 2.05) is 6.07 Å². The van der Waals surface area contributed by atoms with E-state index in [2.05, 4.69) is 5.92 Å². The molecule has 1 N–H and O–H groups in total. The minimum atomic E-state index is -0.790. The largest absolute Gasteiger partial charge is 0.514 e. The maximum atomic E-state index is 11.6. The first-order chi connectivity index (χ1) is 9.17. The van der Waals surface area contributed by atoms with Crippen LogP contribution in [0.5, 0.6) is 5.75 Å². The van der Waals surface area contributed by atoms with Crippen LogP contribution in [-0.4, -0.2) is 23.5 Å². The van der Waals surface area contributed by atoms with Crippen molar-refractivity contribution in [3.63, 3.8) is 0 Å². The number of rotatable bonds is 2. The van der Waals surface area contributed by atoms with Gasteiger partial charge in [0.25, 0.3) is 0 Å². The second-order valence-corrected chi connectivity index (χ2v) is 4.25. The summed E-state index contributed by atoms with van der Waals surface area (Å²) in [5, 5.41) is 9.58. The van der Waals surface area contributed by atoms with Crippen LogP contribution < -0.4 is 4.74 Å². The van der Waals surface area contributed by atoms with E-state index < -0.39 is 18.4 Å². The van der Waals surface area contributed by atoms with Crippen LogP contribution in [-0.2, 0) is 4.74 Å². The van der Waals surface area contributed by atoms with Gasteiger partial charge in [-0.05, 0) is 18.2 Å². The van der Waals surface area contributed by atoms with Gasteiger partial charge >= 0.3 is 6.16 Å². The number of hydrogen-bond donors (Lipinski definition) is 1. The number of aliphatic hydroxyl groups is 1. The van der Waals surface area contributed by atoms with Gasteiger partial charge < -0.3 is 14.6 Å². The summed E-state index contributed by atoms with van der Waals surface area (Å²) in [5.74, 6) is 2.87. The summed E-state index contributed by atoms with van der Waals surface area (Å²) in [7, 11) is 0. The first-order valence-corrected chi connectivity index (χ1v) is 5.96. The fourth-order valence-electron chi connectivity index (χ4n) is 1.91. The SMILES string of the molecule is C#CC1=C[C@@H](O)C[C@H](OC(=O)Oc2ccccc2)C1. The van der Waals surface area contributed by atoms with E-state index in [4.69, 9.17) is 15.9 Å². The zero-order valence-corrected chi connectivity index (χ0v) is 10.3. The predicted molar refractivity (Wildman–Crippen MR) is 69.5 cm³/mol. The van der Waals surface area contributed by atoms with Crippen molar-refractivity contribution in [2.45, 2.75) is 25.0 Å². The highest BCUT2D eigenvalue weighted by molar-refractivity contribution is 5.64. The molecule has 19 heavy (non-hydrogen) atoms. The van der Waals surface area contributed by atoms with Gasteiger partial charge in [0.1, 0.15) is 11.9 Å². The third kappa shape index (κ3) is 3.87. The fourth-order valence-corrected chi connectivity index (χ4v) is 1.91. The van der Waals surface area contributed by atoms with Gasteiger partial charge in [-0.2, -0.15) is 0 Å². The Labute approximate surface area is 111 Å². The van der Waals surface area contributed by atoms with Gasteiger partial charge in [0.2, 0.25) is 0 Å². The van der Waals surface area contributed by atoms with Crippen LogP contribution in [0.25, 0.3) is 0 Å². The molecule has 2 rings (SSSR count). The summed E-state index contributed by atoms with van der Waals surface area (Å²) < 4.78 is 10.1. The van der Waals surface area contributed by atoms with Gasteiger partial charge in [-0.25, -0.2) is 4.79 Å². The van der Waals surface area contributed by atoms with Crippen LogP contribution in [0.1, 0.15) is 12.8 Å². The van der Waals surface area contributed by atoms with Crippen molar-refractivity contribution < 1.29 is 19.4 Å². The Morgan fingerprint density at radius 1 is 1.37 bits per heavy atom. The van der Waals surface area contributed by atoms with Crippen LogP contribution in [0.2, 0.25) is 0 Å². The molecule has 0 radical (unpaired) electrons. The normalized spacial score (nSPS) is 22.0. The van der Waals surface area contributed by atoms with Gasteiger partial charge in [0.05, 0.1) is 6.10 Å². The molecule has 0 spiro atoms. The minimum absolute atomic E-state index is 0.328. The zero-order chi connectivity index (χ0) is 13.7. The van der Waals surface area contributed by atoms with Crippen molar-refractivity contribution in [1.82, 2.24) is 0 Å². The first-order valence-electron chi connectivity index (χ1n) is 5.96. The maximum Gasteiger partial charge on any atom is 0.514 e. The van der Waals surface area contributed by atoms with E-state index >= 15 is 0 Å². The Kier molecular flexibility index (Phi) is 4.22. The molecule has 4 nitrogen and oxygen atoms in total. The quantitative estimate of drug-likeness (QED) is 0.502. The molecule has 98 valence electrons. The Hall–Kier alpha value is -2.25. The Balaban J connectivity index is 1.90. The number of carbonyl (C=O) groups excluding carboxylic acids is 1. The van der Waals surface area contributed by atoms with Crippen LogP contribution >= 0.6 is 0 Å². The summed E-state index contributed by atoms with van der Waals surface area (Å²) in [5.41, 5.74) is 0.635. The van der Waals surface area contributed by atoms with Crippen molar-refractivity contribution in [1.29, 1.82) is 0 Å². The van der Waals surface area contributed by atoms with E-state index in [0.717, 1.165) is 0 Å². The number of hydrogen-bond acceptors (Lipinski definition) is 4. The lowest BCUT2D eigenvalue weighted by molar-refractivity contribution is 0.0337. The highest BCUT2D eigenvalue weighted by Gasteiger charge is 2.24. The van der Waals surface area contributed by atoms with Crippen molar-refractivity contribution in [3.05, 3.63) is 42.0 Å². The third-order valence-electron chi connectivity index (χ3n) is 2.74. The molecule has 1 aliphatic carbocycles. The molecule has 0 aliphatic heterocycles. The molecule has 0 fully saturated rings. The zero-order valence-electron chi connectivity index (χ0n) is 10.3. The number of para-hydroxylation sites is 1. The highest BCUT2D eigenvalue weighted by Crippen LogP contribution is 2.21. The maximum absolute atomic E-state index is 11.6. The molecule has 4 heteroatoms. The van der Waals surface area contributed by atoms with Gasteiger partial charge in [-0.3, -0.25) is 0 Å². The Bertz CT molecular complexity index is 513. The lowest BCUT2D eigenvalue weighted by Crippen LogP contribution is -2.28. The monoisotopic (exact) mass is 258 g/mol. The molecular weight excluding hydrogens is 244 g/mol. The predicted octanol–water partition coefficient (Wildman–Crippen LogP) is 2.28. The minimum Gasteiger partial charge on any atom is -0.430 e. The highest BCUT2D eigenvalue weighted by atomic mass is 16.7. The van der Waals surface area contributed by atoms with Gasteiger partial charge in [-0.1, -0.05) is 24.1 Å². The average molecular weight is 258 g/mol. The molecular formula is C15H14O4. The van der Waals surface area contributed by atoms with E-state index in [1.54, 1.807) is 30.3 Å². The van der Waals surface area contributed by atoms with Crippen LogP contribution in [0.4, 0.5) is 4.79 Å². The summed E-state index contributed by atoms with van der Waals surface area (Å²) in [6.07, 6.45) is 5.70. The number of terminal acetylenes is 1. The molecule has 0 saturated heterocycles. The molecule has 0 heterocycles. The van der Waals surface area contributed by atoms with E-state index in [1.165, 1.54) is 0 Å². The smallest absolute Gasteiger partial charge is 0.430 e. The molecule has 0 saturated carbocycles. The first kappa shape index (κ1) is 13.2. The molecule has 1 aliphatic rings. The Morgan fingerprint density at radius 3 is 2.79 bits per heavy atom. The standard InChI is InChI=1S/C15H14O4/c1-2-11-8-12(16)10-14(9-11)19-15(17)18-13-6-4-3-5-7-13/h1,3-8,12,14,16H,9-10H2/t12-,14-/m1/s1. The van der Waals surface area contributed by atoms with Crippen LogP contribution in [0, 0.1) is 12.3 Å². The summed E-state index contributed by atoms with van der Waals surface area (Å²) in [6.45, 7) is 0. The third-order valence-corrected chi connectivity index (χ3v) is 2.74. The molecule has 0 aromatic heterocycles.